The van der Waals surface area contributed by atoms with Crippen molar-refractivity contribution < 1.29 is 8.42 Å². The van der Waals surface area contributed by atoms with Crippen LogP contribution in [-0.4, -0.2) is 24.5 Å². The van der Waals surface area contributed by atoms with Crippen molar-refractivity contribution in [1.82, 2.24) is 4.57 Å². The highest BCUT2D eigenvalue weighted by atomic mass is 32.2. The second kappa shape index (κ2) is 5.46. The molecule has 0 aliphatic rings. The maximum Gasteiger partial charge on any atom is 0.255 e. The van der Waals surface area contributed by atoms with Crippen LogP contribution >= 0.6 is 0 Å². The lowest BCUT2D eigenvalue weighted by Crippen LogP contribution is -2.29. The van der Waals surface area contributed by atoms with Crippen LogP contribution in [0.2, 0.25) is 0 Å². The highest BCUT2D eigenvalue weighted by molar-refractivity contribution is 7.91. The third kappa shape index (κ3) is 3.41. The highest BCUT2D eigenvalue weighted by Gasteiger charge is 2.10. The second-order valence-corrected chi connectivity index (χ2v) is 6.37. The van der Waals surface area contributed by atoms with E-state index in [0.717, 1.165) is 5.69 Å². The van der Waals surface area contributed by atoms with Gasteiger partial charge in [-0.1, -0.05) is 13.0 Å². The van der Waals surface area contributed by atoms with Crippen molar-refractivity contribution in [3.05, 3.63) is 33.7 Å². The Morgan fingerprint density at radius 3 is 2.53 bits per heavy atom. The van der Waals surface area contributed by atoms with Crippen LogP contribution in [0.4, 0.5) is 0 Å². The molecule has 96 valence electrons. The number of pyridine rings is 1. The fourth-order valence-electron chi connectivity index (χ4n) is 1.52. The van der Waals surface area contributed by atoms with E-state index in [1.165, 1.54) is 4.57 Å². The molecule has 0 amide bonds. The lowest BCUT2D eigenvalue weighted by Gasteiger charge is -2.11. The summed E-state index contributed by atoms with van der Waals surface area (Å²) in [5, 5.41) is 0. The number of nitrogens with two attached hydrogens (primary N) is 1. The smallest absolute Gasteiger partial charge is 0.255 e. The molecule has 0 aliphatic heterocycles. The van der Waals surface area contributed by atoms with Crippen LogP contribution < -0.4 is 11.3 Å². The van der Waals surface area contributed by atoms with Crippen LogP contribution in [0.15, 0.2) is 16.9 Å². The number of aryl methyl sites for hydroxylation is 1. The molecule has 2 N–H and O–H groups in total. The molecule has 0 aromatic carbocycles. The van der Waals surface area contributed by atoms with Crippen molar-refractivity contribution in [2.24, 2.45) is 5.73 Å². The minimum absolute atomic E-state index is 0.0156. The molecular formula is C11H18N2O3S. The van der Waals surface area contributed by atoms with E-state index in [9.17, 15) is 13.2 Å². The van der Waals surface area contributed by atoms with Crippen LogP contribution in [0.5, 0.6) is 0 Å². The highest BCUT2D eigenvalue weighted by Crippen LogP contribution is 2.00. The van der Waals surface area contributed by atoms with Gasteiger partial charge in [-0.05, 0) is 13.0 Å². The summed E-state index contributed by atoms with van der Waals surface area (Å²) in [6.07, 6.45) is 0. The number of hydrogen-bond acceptors (Lipinski definition) is 4. The standard InChI is InChI=1S/C11H18N2O3S/c1-3-17(15,16)7-6-13-9(2)4-5-10(8-12)11(13)14/h4-5H,3,6-8,12H2,1-2H3. The van der Waals surface area contributed by atoms with Gasteiger partial charge < -0.3 is 10.3 Å². The van der Waals surface area contributed by atoms with Crippen molar-refractivity contribution in [3.8, 4) is 0 Å². The second-order valence-electron chi connectivity index (χ2n) is 3.90. The van der Waals surface area contributed by atoms with E-state index in [1.807, 2.05) is 0 Å². The number of aromatic nitrogens is 1. The van der Waals surface area contributed by atoms with E-state index in [-0.39, 0.29) is 30.2 Å². The topological polar surface area (TPSA) is 82.2 Å². The van der Waals surface area contributed by atoms with Crippen molar-refractivity contribution >= 4 is 9.84 Å². The van der Waals surface area contributed by atoms with Crippen LogP contribution in [0, 0.1) is 6.92 Å². The Kier molecular flexibility index (Phi) is 4.47. The largest absolute Gasteiger partial charge is 0.326 e. The van der Waals surface area contributed by atoms with Gasteiger partial charge in [0.05, 0.1) is 5.75 Å². The quantitative estimate of drug-likeness (QED) is 0.809. The fraction of sp³-hybridized carbons (Fsp3) is 0.545. The van der Waals surface area contributed by atoms with E-state index < -0.39 is 9.84 Å². The lowest BCUT2D eigenvalue weighted by atomic mass is 10.2. The Morgan fingerprint density at radius 2 is 2.00 bits per heavy atom. The fourth-order valence-corrected chi connectivity index (χ4v) is 2.27. The first-order valence-electron chi connectivity index (χ1n) is 5.51. The Labute approximate surface area is 101 Å². The molecule has 6 heteroatoms. The summed E-state index contributed by atoms with van der Waals surface area (Å²) in [5.41, 5.74) is 6.50. The molecule has 0 aliphatic carbocycles. The molecule has 1 heterocycles. The molecule has 1 rings (SSSR count). The van der Waals surface area contributed by atoms with Gasteiger partial charge >= 0.3 is 0 Å². The normalized spacial score (nSPS) is 11.7. The zero-order valence-electron chi connectivity index (χ0n) is 10.1. The molecule has 0 fully saturated rings. The van der Waals surface area contributed by atoms with Gasteiger partial charge in [0.2, 0.25) is 0 Å². The maximum atomic E-state index is 11.9. The van der Waals surface area contributed by atoms with Crippen LogP contribution in [-0.2, 0) is 22.9 Å². The summed E-state index contributed by atoms with van der Waals surface area (Å²) in [7, 11) is -3.06. The van der Waals surface area contributed by atoms with Gasteiger partial charge in [-0.15, -0.1) is 0 Å². The maximum absolute atomic E-state index is 11.9. The minimum Gasteiger partial charge on any atom is -0.326 e. The van der Waals surface area contributed by atoms with E-state index in [2.05, 4.69) is 0 Å². The first-order valence-corrected chi connectivity index (χ1v) is 7.33. The summed E-state index contributed by atoms with van der Waals surface area (Å²) in [6, 6.07) is 3.46. The summed E-state index contributed by atoms with van der Waals surface area (Å²) in [5.74, 6) is 0.0790. The minimum atomic E-state index is -3.06. The molecule has 1 aromatic rings. The Morgan fingerprint density at radius 1 is 1.35 bits per heavy atom. The third-order valence-corrected chi connectivity index (χ3v) is 4.44. The molecule has 0 atom stereocenters. The SMILES string of the molecule is CCS(=O)(=O)CCn1c(C)ccc(CN)c1=O. The molecule has 0 unspecified atom stereocenters. The molecule has 0 radical (unpaired) electrons. The van der Waals surface area contributed by atoms with E-state index >= 15 is 0 Å². The predicted molar refractivity (Wildman–Crippen MR) is 67.7 cm³/mol. The average molecular weight is 258 g/mol. The van der Waals surface area contributed by atoms with Gasteiger partial charge in [0.25, 0.3) is 5.56 Å². The number of hydrogen-bond donors (Lipinski definition) is 1. The Bertz CT molecular complexity index is 546. The van der Waals surface area contributed by atoms with Crippen molar-refractivity contribution in [3.63, 3.8) is 0 Å². The molecule has 17 heavy (non-hydrogen) atoms. The third-order valence-electron chi connectivity index (χ3n) is 2.76. The van der Waals surface area contributed by atoms with E-state index in [0.29, 0.717) is 5.56 Å². The zero-order valence-corrected chi connectivity index (χ0v) is 11.0. The van der Waals surface area contributed by atoms with Crippen LogP contribution in [0.3, 0.4) is 0 Å². The average Bonchev–Trinajstić information content (AvgIpc) is 2.29. The van der Waals surface area contributed by atoms with Crippen molar-refractivity contribution in [2.75, 3.05) is 11.5 Å². The molecule has 0 saturated carbocycles. The van der Waals surface area contributed by atoms with E-state index in [4.69, 9.17) is 5.73 Å². The summed E-state index contributed by atoms with van der Waals surface area (Å²) >= 11 is 0. The summed E-state index contributed by atoms with van der Waals surface area (Å²) in [4.78, 5) is 11.9. The molecule has 0 spiro atoms. The predicted octanol–water partition coefficient (Wildman–Crippen LogP) is 0.0501. The first-order chi connectivity index (χ1) is 7.91. The molecule has 0 bridgehead atoms. The van der Waals surface area contributed by atoms with E-state index in [1.54, 1.807) is 26.0 Å². The number of sulfone groups is 1. The first kappa shape index (κ1) is 13.9. The summed E-state index contributed by atoms with van der Waals surface area (Å²) < 4.78 is 24.3. The summed E-state index contributed by atoms with van der Waals surface area (Å²) in [6.45, 7) is 3.73. The molecule has 0 saturated heterocycles. The molecule has 5 nitrogen and oxygen atoms in total. The molecule has 1 aromatic heterocycles. The van der Waals surface area contributed by atoms with Gasteiger partial charge in [-0.3, -0.25) is 4.79 Å². The van der Waals surface area contributed by atoms with Crippen LogP contribution in [0.1, 0.15) is 18.2 Å². The Balaban J connectivity index is 3.03. The van der Waals surface area contributed by atoms with Gasteiger partial charge in [-0.2, -0.15) is 0 Å². The van der Waals surface area contributed by atoms with Crippen molar-refractivity contribution in [1.29, 1.82) is 0 Å². The van der Waals surface area contributed by atoms with Crippen LogP contribution in [0.25, 0.3) is 0 Å². The number of nitrogens with zero attached hydrogens (tertiary/aromatic N) is 1. The Hall–Kier alpha value is -1.14. The number of rotatable bonds is 5. The lowest BCUT2D eigenvalue weighted by molar-refractivity contribution is 0.586. The van der Waals surface area contributed by atoms with Gasteiger partial charge in [0.1, 0.15) is 0 Å². The van der Waals surface area contributed by atoms with Gasteiger partial charge in [0, 0.05) is 30.1 Å². The van der Waals surface area contributed by atoms with Gasteiger partial charge in [-0.25, -0.2) is 8.42 Å². The van der Waals surface area contributed by atoms with Crippen molar-refractivity contribution in [2.45, 2.75) is 26.9 Å². The molecular weight excluding hydrogens is 240 g/mol. The monoisotopic (exact) mass is 258 g/mol. The zero-order chi connectivity index (χ0) is 13.1. The van der Waals surface area contributed by atoms with Gasteiger partial charge in [0.15, 0.2) is 9.84 Å².